The van der Waals surface area contributed by atoms with Crippen LogP contribution in [0.2, 0.25) is 0 Å². The topological polar surface area (TPSA) is 23.5 Å². The highest BCUT2D eigenvalue weighted by atomic mass is 16.3. The SMILES string of the molecule is CCCN(C)c1ccccc1O. The molecule has 0 atom stereocenters. The Morgan fingerprint density at radius 2 is 2.00 bits per heavy atom. The maximum atomic E-state index is 9.47. The molecule has 0 saturated carbocycles. The Morgan fingerprint density at radius 3 is 2.58 bits per heavy atom. The number of aromatic hydroxyl groups is 1. The first-order chi connectivity index (χ1) is 5.75. The van der Waals surface area contributed by atoms with Crippen LogP contribution in [-0.4, -0.2) is 18.7 Å². The van der Waals surface area contributed by atoms with E-state index in [1.165, 1.54) is 0 Å². The average molecular weight is 165 g/mol. The Morgan fingerprint density at radius 1 is 1.33 bits per heavy atom. The minimum absolute atomic E-state index is 0.355. The molecular weight excluding hydrogens is 150 g/mol. The number of anilines is 1. The normalized spacial score (nSPS) is 9.83. The molecule has 12 heavy (non-hydrogen) atoms. The van der Waals surface area contributed by atoms with Crippen LogP contribution >= 0.6 is 0 Å². The zero-order valence-corrected chi connectivity index (χ0v) is 7.62. The highest BCUT2D eigenvalue weighted by Gasteiger charge is 2.02. The van der Waals surface area contributed by atoms with Gasteiger partial charge in [-0.1, -0.05) is 19.1 Å². The molecule has 0 spiro atoms. The van der Waals surface area contributed by atoms with Crippen molar-refractivity contribution in [1.82, 2.24) is 0 Å². The van der Waals surface area contributed by atoms with E-state index >= 15 is 0 Å². The van der Waals surface area contributed by atoms with Crippen LogP contribution in [0.5, 0.6) is 5.75 Å². The standard InChI is InChI=1S/C10H15NO/c1-3-8-11(2)9-6-4-5-7-10(9)12/h4-7,12H,3,8H2,1-2H3. The van der Waals surface area contributed by atoms with Crippen molar-refractivity contribution in [3.05, 3.63) is 24.3 Å². The van der Waals surface area contributed by atoms with Gasteiger partial charge in [0.25, 0.3) is 0 Å². The van der Waals surface area contributed by atoms with Gasteiger partial charge in [-0.3, -0.25) is 0 Å². The van der Waals surface area contributed by atoms with Gasteiger partial charge in [0.1, 0.15) is 5.75 Å². The van der Waals surface area contributed by atoms with Gasteiger partial charge in [0.2, 0.25) is 0 Å². The van der Waals surface area contributed by atoms with Crippen molar-refractivity contribution >= 4 is 5.69 Å². The summed E-state index contributed by atoms with van der Waals surface area (Å²) in [6.45, 7) is 3.09. The molecule has 0 unspecified atom stereocenters. The van der Waals surface area contributed by atoms with Crippen molar-refractivity contribution in [2.24, 2.45) is 0 Å². The van der Waals surface area contributed by atoms with Gasteiger partial charge in [-0.15, -0.1) is 0 Å². The largest absolute Gasteiger partial charge is 0.506 e. The van der Waals surface area contributed by atoms with Crippen molar-refractivity contribution < 1.29 is 5.11 Å². The molecule has 2 heteroatoms. The first-order valence-corrected chi connectivity index (χ1v) is 4.25. The number of phenols is 1. The van der Waals surface area contributed by atoms with E-state index in [1.54, 1.807) is 6.07 Å². The van der Waals surface area contributed by atoms with Crippen LogP contribution < -0.4 is 4.90 Å². The minimum Gasteiger partial charge on any atom is -0.506 e. The van der Waals surface area contributed by atoms with Crippen LogP contribution in [0.15, 0.2) is 24.3 Å². The lowest BCUT2D eigenvalue weighted by Gasteiger charge is -2.18. The van der Waals surface area contributed by atoms with Gasteiger partial charge in [-0.25, -0.2) is 0 Å². The molecule has 1 aromatic carbocycles. The Bertz CT molecular complexity index is 247. The second-order valence-electron chi connectivity index (χ2n) is 2.91. The van der Waals surface area contributed by atoms with Gasteiger partial charge in [0.05, 0.1) is 5.69 Å². The summed E-state index contributed by atoms with van der Waals surface area (Å²) in [5.74, 6) is 0.355. The minimum atomic E-state index is 0.355. The van der Waals surface area contributed by atoms with Crippen molar-refractivity contribution in [1.29, 1.82) is 0 Å². The Hall–Kier alpha value is -1.18. The summed E-state index contributed by atoms with van der Waals surface area (Å²) in [7, 11) is 1.98. The summed E-state index contributed by atoms with van der Waals surface area (Å²) in [4.78, 5) is 2.05. The molecular formula is C10H15NO. The van der Waals surface area contributed by atoms with E-state index < -0.39 is 0 Å². The number of benzene rings is 1. The summed E-state index contributed by atoms with van der Waals surface area (Å²) in [5.41, 5.74) is 0.902. The van der Waals surface area contributed by atoms with Crippen molar-refractivity contribution in [2.45, 2.75) is 13.3 Å². The van der Waals surface area contributed by atoms with Gasteiger partial charge >= 0.3 is 0 Å². The van der Waals surface area contributed by atoms with Gasteiger partial charge < -0.3 is 10.0 Å². The monoisotopic (exact) mass is 165 g/mol. The molecule has 1 rings (SSSR count). The molecule has 0 aromatic heterocycles. The molecule has 1 N–H and O–H groups in total. The predicted molar refractivity (Wildman–Crippen MR) is 51.7 cm³/mol. The van der Waals surface area contributed by atoms with E-state index in [-0.39, 0.29) is 0 Å². The third-order valence-electron chi connectivity index (χ3n) is 1.85. The first-order valence-electron chi connectivity index (χ1n) is 4.25. The first kappa shape index (κ1) is 8.91. The second kappa shape index (κ2) is 4.00. The van der Waals surface area contributed by atoms with Crippen LogP contribution in [0.25, 0.3) is 0 Å². The molecule has 2 nitrogen and oxygen atoms in total. The van der Waals surface area contributed by atoms with Crippen LogP contribution in [0, 0.1) is 0 Å². The molecule has 0 saturated heterocycles. The molecule has 66 valence electrons. The lowest BCUT2D eigenvalue weighted by molar-refractivity contribution is 0.475. The molecule has 0 radical (unpaired) electrons. The van der Waals surface area contributed by atoms with Crippen molar-refractivity contribution in [3.8, 4) is 5.75 Å². The maximum absolute atomic E-state index is 9.47. The Balaban J connectivity index is 2.79. The van der Waals surface area contributed by atoms with E-state index in [9.17, 15) is 5.11 Å². The average Bonchev–Trinajstić information content (AvgIpc) is 2.05. The van der Waals surface area contributed by atoms with Crippen LogP contribution in [0.1, 0.15) is 13.3 Å². The van der Waals surface area contributed by atoms with E-state index in [2.05, 4.69) is 11.8 Å². The van der Waals surface area contributed by atoms with Gasteiger partial charge in [-0.2, -0.15) is 0 Å². The summed E-state index contributed by atoms with van der Waals surface area (Å²) in [6, 6.07) is 7.40. The maximum Gasteiger partial charge on any atom is 0.138 e. The molecule has 0 bridgehead atoms. The van der Waals surface area contributed by atoms with Crippen LogP contribution in [0.3, 0.4) is 0 Å². The zero-order valence-electron chi connectivity index (χ0n) is 7.62. The third kappa shape index (κ3) is 1.91. The molecule has 0 amide bonds. The van der Waals surface area contributed by atoms with E-state index in [1.807, 2.05) is 25.2 Å². The summed E-state index contributed by atoms with van der Waals surface area (Å²) in [5, 5.41) is 9.47. The second-order valence-corrected chi connectivity index (χ2v) is 2.91. The van der Waals surface area contributed by atoms with E-state index in [0.29, 0.717) is 5.75 Å². The number of hydrogen-bond acceptors (Lipinski definition) is 2. The summed E-state index contributed by atoms with van der Waals surface area (Å²) in [6.07, 6.45) is 1.09. The van der Waals surface area contributed by atoms with Gasteiger partial charge in [-0.05, 0) is 18.6 Å². The lowest BCUT2D eigenvalue weighted by Crippen LogP contribution is -2.17. The predicted octanol–water partition coefficient (Wildman–Crippen LogP) is 2.24. The fraction of sp³-hybridized carbons (Fsp3) is 0.400. The fourth-order valence-corrected chi connectivity index (χ4v) is 1.24. The molecule has 0 heterocycles. The van der Waals surface area contributed by atoms with Crippen molar-refractivity contribution in [3.63, 3.8) is 0 Å². The third-order valence-corrected chi connectivity index (χ3v) is 1.85. The van der Waals surface area contributed by atoms with E-state index in [4.69, 9.17) is 0 Å². The molecule has 0 aliphatic rings. The Kier molecular flexibility index (Phi) is 2.97. The Labute approximate surface area is 73.4 Å². The van der Waals surface area contributed by atoms with Gasteiger partial charge in [0, 0.05) is 13.6 Å². The van der Waals surface area contributed by atoms with E-state index in [0.717, 1.165) is 18.7 Å². The number of para-hydroxylation sites is 2. The number of hydrogen-bond donors (Lipinski definition) is 1. The quantitative estimate of drug-likeness (QED) is 0.742. The highest BCUT2D eigenvalue weighted by molar-refractivity contribution is 5.56. The highest BCUT2D eigenvalue weighted by Crippen LogP contribution is 2.24. The van der Waals surface area contributed by atoms with Gasteiger partial charge in [0.15, 0.2) is 0 Å². The summed E-state index contributed by atoms with van der Waals surface area (Å²) >= 11 is 0. The summed E-state index contributed by atoms with van der Waals surface area (Å²) < 4.78 is 0. The van der Waals surface area contributed by atoms with Crippen LogP contribution in [0.4, 0.5) is 5.69 Å². The lowest BCUT2D eigenvalue weighted by atomic mass is 10.2. The van der Waals surface area contributed by atoms with Crippen LogP contribution in [-0.2, 0) is 0 Å². The number of rotatable bonds is 3. The molecule has 0 aliphatic heterocycles. The molecule has 0 aliphatic carbocycles. The zero-order chi connectivity index (χ0) is 8.97. The molecule has 0 fully saturated rings. The number of nitrogens with zero attached hydrogens (tertiary/aromatic N) is 1. The number of phenolic OH excluding ortho intramolecular Hbond substituents is 1. The smallest absolute Gasteiger partial charge is 0.138 e. The molecule has 1 aromatic rings. The fourth-order valence-electron chi connectivity index (χ4n) is 1.24. The van der Waals surface area contributed by atoms with Crippen molar-refractivity contribution in [2.75, 3.05) is 18.5 Å².